The first-order valence-corrected chi connectivity index (χ1v) is 11.7. The second-order valence-electron chi connectivity index (χ2n) is 8.98. The van der Waals surface area contributed by atoms with Crippen LogP contribution < -0.4 is 10.8 Å². The Kier molecular flexibility index (Phi) is 7.99. The maximum atomic E-state index is 12.5. The molecule has 3 unspecified atom stereocenters. The predicted octanol–water partition coefficient (Wildman–Crippen LogP) is 3.23. The maximum Gasteiger partial charge on any atom is 0.407 e. The average molecular weight is 483 g/mol. The SMILES string of the molecule is COCC(ONC(=O)CC1CCC(NC(=O)OCC2c3ccccc3-c3ccccc32)C1)C(=O)O. The van der Waals surface area contributed by atoms with Crippen LogP contribution in [-0.2, 0) is 23.9 Å². The summed E-state index contributed by atoms with van der Waals surface area (Å²) >= 11 is 0. The van der Waals surface area contributed by atoms with Crippen LogP contribution in [0.15, 0.2) is 48.5 Å². The summed E-state index contributed by atoms with van der Waals surface area (Å²) in [7, 11) is 1.35. The third-order valence-electron chi connectivity index (χ3n) is 6.59. The number of nitrogens with one attached hydrogen (secondary N) is 2. The first-order chi connectivity index (χ1) is 17.0. The third kappa shape index (κ3) is 5.98. The second kappa shape index (κ2) is 11.3. The van der Waals surface area contributed by atoms with Crippen molar-refractivity contribution in [1.82, 2.24) is 10.8 Å². The number of aliphatic carboxylic acids is 1. The lowest BCUT2D eigenvalue weighted by Crippen LogP contribution is -2.37. The first kappa shape index (κ1) is 24.7. The van der Waals surface area contributed by atoms with Crippen LogP contribution in [0.25, 0.3) is 11.1 Å². The van der Waals surface area contributed by atoms with Gasteiger partial charge in [0.1, 0.15) is 6.61 Å². The van der Waals surface area contributed by atoms with Crippen LogP contribution in [0.4, 0.5) is 4.79 Å². The largest absolute Gasteiger partial charge is 0.479 e. The zero-order chi connectivity index (χ0) is 24.8. The molecule has 0 saturated heterocycles. The van der Waals surface area contributed by atoms with Gasteiger partial charge in [-0.3, -0.25) is 9.63 Å². The number of alkyl carbamates (subject to hydrolysis) is 1. The van der Waals surface area contributed by atoms with Gasteiger partial charge in [0.25, 0.3) is 0 Å². The Morgan fingerprint density at radius 1 is 1.03 bits per heavy atom. The zero-order valence-electron chi connectivity index (χ0n) is 19.6. The van der Waals surface area contributed by atoms with Crippen LogP contribution in [0.1, 0.15) is 42.7 Å². The van der Waals surface area contributed by atoms with Crippen molar-refractivity contribution in [3.05, 3.63) is 59.7 Å². The number of carboxylic acids is 1. The Bertz CT molecular complexity index is 1030. The molecule has 35 heavy (non-hydrogen) atoms. The van der Waals surface area contributed by atoms with Gasteiger partial charge in [0.15, 0.2) is 0 Å². The van der Waals surface area contributed by atoms with Crippen molar-refractivity contribution in [2.75, 3.05) is 20.3 Å². The molecule has 2 amide bonds. The molecule has 1 saturated carbocycles. The average Bonchev–Trinajstić information content (AvgIpc) is 3.42. The van der Waals surface area contributed by atoms with Gasteiger partial charge in [0.2, 0.25) is 12.0 Å². The standard InChI is InChI=1S/C26H30N2O7/c1-33-15-23(25(30)31)35-28-24(29)13-16-10-11-17(12-16)27-26(32)34-14-22-20-8-4-2-6-18(20)19-7-3-5-9-21(19)22/h2-9,16-17,22-23H,10-15H2,1H3,(H,27,32)(H,28,29)(H,30,31). The molecule has 3 N–H and O–H groups in total. The minimum atomic E-state index is -1.27. The lowest BCUT2D eigenvalue weighted by Gasteiger charge is -2.17. The van der Waals surface area contributed by atoms with Crippen LogP contribution in [0.3, 0.4) is 0 Å². The summed E-state index contributed by atoms with van der Waals surface area (Å²) in [5.41, 5.74) is 6.86. The van der Waals surface area contributed by atoms with Crippen molar-refractivity contribution >= 4 is 18.0 Å². The molecule has 0 aromatic heterocycles. The molecule has 9 heteroatoms. The van der Waals surface area contributed by atoms with Gasteiger partial charge in [-0.15, -0.1) is 0 Å². The summed E-state index contributed by atoms with van der Waals surface area (Å²) in [5, 5.41) is 11.9. The van der Waals surface area contributed by atoms with E-state index >= 15 is 0 Å². The fourth-order valence-electron chi connectivity index (χ4n) is 4.95. The van der Waals surface area contributed by atoms with Crippen molar-refractivity contribution in [2.24, 2.45) is 5.92 Å². The number of carbonyl (C=O) groups is 3. The molecule has 2 aromatic rings. The summed E-state index contributed by atoms with van der Waals surface area (Å²) in [6, 6.07) is 16.3. The van der Waals surface area contributed by atoms with E-state index in [4.69, 9.17) is 19.4 Å². The van der Waals surface area contributed by atoms with E-state index in [0.29, 0.717) is 6.42 Å². The van der Waals surface area contributed by atoms with Crippen molar-refractivity contribution < 1.29 is 33.8 Å². The molecule has 186 valence electrons. The Morgan fingerprint density at radius 3 is 2.31 bits per heavy atom. The normalized spacial score (nSPS) is 19.5. The highest BCUT2D eigenvalue weighted by Gasteiger charge is 2.31. The van der Waals surface area contributed by atoms with E-state index in [2.05, 4.69) is 35.1 Å². The van der Waals surface area contributed by atoms with Crippen molar-refractivity contribution in [3.63, 3.8) is 0 Å². The fourth-order valence-corrected chi connectivity index (χ4v) is 4.95. The minimum Gasteiger partial charge on any atom is -0.479 e. The molecular weight excluding hydrogens is 452 g/mol. The number of benzene rings is 2. The number of hydrogen-bond acceptors (Lipinski definition) is 6. The summed E-state index contributed by atoms with van der Waals surface area (Å²) < 4.78 is 10.4. The molecule has 1 fully saturated rings. The first-order valence-electron chi connectivity index (χ1n) is 11.7. The maximum absolute atomic E-state index is 12.5. The van der Waals surface area contributed by atoms with E-state index in [1.165, 1.54) is 18.2 Å². The Balaban J connectivity index is 1.22. The molecular formula is C26H30N2O7. The molecule has 0 aliphatic heterocycles. The highest BCUT2D eigenvalue weighted by molar-refractivity contribution is 5.79. The molecule has 3 atom stereocenters. The lowest BCUT2D eigenvalue weighted by molar-refractivity contribution is -0.165. The number of rotatable bonds is 10. The number of ether oxygens (including phenoxy) is 2. The summed E-state index contributed by atoms with van der Waals surface area (Å²) in [5.74, 6) is -1.57. The van der Waals surface area contributed by atoms with Crippen LogP contribution in [-0.4, -0.2) is 55.5 Å². The summed E-state index contributed by atoms with van der Waals surface area (Å²) in [6.07, 6.45) is 0.594. The predicted molar refractivity (Wildman–Crippen MR) is 126 cm³/mol. The monoisotopic (exact) mass is 482 g/mol. The second-order valence-corrected chi connectivity index (χ2v) is 8.98. The number of amides is 2. The number of carboxylic acid groups (broad SMARTS) is 1. The Labute approximate surface area is 203 Å². The molecule has 2 aromatic carbocycles. The van der Waals surface area contributed by atoms with E-state index in [1.54, 1.807) is 0 Å². The van der Waals surface area contributed by atoms with Gasteiger partial charge in [0, 0.05) is 25.5 Å². The van der Waals surface area contributed by atoms with Gasteiger partial charge >= 0.3 is 12.1 Å². The molecule has 4 rings (SSSR count). The highest BCUT2D eigenvalue weighted by Crippen LogP contribution is 2.44. The smallest absolute Gasteiger partial charge is 0.407 e. The Morgan fingerprint density at radius 2 is 1.69 bits per heavy atom. The van der Waals surface area contributed by atoms with Gasteiger partial charge in [-0.05, 0) is 47.4 Å². The summed E-state index contributed by atoms with van der Waals surface area (Å²) in [6.45, 7) is 0.0765. The topological polar surface area (TPSA) is 123 Å². The van der Waals surface area contributed by atoms with E-state index in [-0.39, 0.29) is 37.5 Å². The molecule has 2 aliphatic rings. The summed E-state index contributed by atoms with van der Waals surface area (Å²) in [4.78, 5) is 40.6. The van der Waals surface area contributed by atoms with E-state index < -0.39 is 24.1 Å². The highest BCUT2D eigenvalue weighted by atomic mass is 16.7. The van der Waals surface area contributed by atoms with Crippen molar-refractivity contribution in [1.29, 1.82) is 0 Å². The lowest BCUT2D eigenvalue weighted by atomic mass is 9.98. The van der Waals surface area contributed by atoms with Crippen LogP contribution in [0, 0.1) is 5.92 Å². The molecule has 0 heterocycles. The van der Waals surface area contributed by atoms with Gasteiger partial charge in [-0.2, -0.15) is 0 Å². The number of carbonyl (C=O) groups excluding carboxylic acids is 2. The van der Waals surface area contributed by atoms with Crippen LogP contribution in [0.5, 0.6) is 0 Å². The number of fused-ring (bicyclic) bond motifs is 3. The van der Waals surface area contributed by atoms with Crippen LogP contribution in [0.2, 0.25) is 0 Å². The Hall–Kier alpha value is -3.43. The quantitative estimate of drug-likeness (QED) is 0.444. The number of hydrogen-bond donors (Lipinski definition) is 3. The zero-order valence-corrected chi connectivity index (χ0v) is 19.6. The molecule has 0 spiro atoms. The van der Waals surface area contributed by atoms with Gasteiger partial charge < -0.3 is 19.9 Å². The molecule has 2 aliphatic carbocycles. The fraction of sp³-hybridized carbons (Fsp3) is 0.423. The molecule has 0 radical (unpaired) electrons. The van der Waals surface area contributed by atoms with E-state index in [9.17, 15) is 14.4 Å². The molecule has 9 nitrogen and oxygen atoms in total. The minimum absolute atomic E-state index is 0.000842. The number of hydroxylamine groups is 1. The van der Waals surface area contributed by atoms with Crippen LogP contribution >= 0.6 is 0 Å². The molecule has 0 bridgehead atoms. The van der Waals surface area contributed by atoms with Gasteiger partial charge in [-0.25, -0.2) is 15.1 Å². The van der Waals surface area contributed by atoms with E-state index in [0.717, 1.165) is 24.0 Å². The van der Waals surface area contributed by atoms with Crippen molar-refractivity contribution in [3.8, 4) is 11.1 Å². The third-order valence-corrected chi connectivity index (χ3v) is 6.59. The van der Waals surface area contributed by atoms with Gasteiger partial charge in [-0.1, -0.05) is 48.5 Å². The van der Waals surface area contributed by atoms with Gasteiger partial charge in [0.05, 0.1) is 6.61 Å². The van der Waals surface area contributed by atoms with E-state index in [1.807, 2.05) is 24.3 Å². The number of methoxy groups -OCH3 is 1. The van der Waals surface area contributed by atoms with Crippen molar-refractivity contribution in [2.45, 2.75) is 43.7 Å².